The maximum absolute atomic E-state index is 13.5. The van der Waals surface area contributed by atoms with Crippen LogP contribution in [0.15, 0.2) is 72.1 Å². The van der Waals surface area contributed by atoms with Crippen LogP contribution < -0.4 is 18.9 Å². The second-order valence-electron chi connectivity index (χ2n) is 8.78. The summed E-state index contributed by atoms with van der Waals surface area (Å²) in [6, 6.07) is 13.4. The molecule has 4 rings (SSSR count). The second kappa shape index (κ2) is 13.6. The highest BCUT2D eigenvalue weighted by molar-refractivity contribution is 7.92. The summed E-state index contributed by atoms with van der Waals surface area (Å²) in [6.45, 7) is 4.12. The molecule has 0 amide bonds. The molecular weight excluding hydrogens is 546 g/mol. The van der Waals surface area contributed by atoms with E-state index in [0.717, 1.165) is 5.56 Å². The lowest BCUT2D eigenvalue weighted by molar-refractivity contribution is 0.239. The van der Waals surface area contributed by atoms with Crippen molar-refractivity contribution in [2.45, 2.75) is 24.8 Å². The van der Waals surface area contributed by atoms with Crippen LogP contribution in [0.4, 0.5) is 5.82 Å². The van der Waals surface area contributed by atoms with Gasteiger partial charge in [0.2, 0.25) is 5.75 Å². The van der Waals surface area contributed by atoms with Crippen molar-refractivity contribution in [3.63, 3.8) is 0 Å². The van der Waals surface area contributed by atoms with Crippen molar-refractivity contribution in [2.75, 3.05) is 32.2 Å². The Morgan fingerprint density at radius 2 is 1.66 bits per heavy atom. The molecule has 4 aromatic rings. The molecule has 0 bridgehead atoms. The molecular formula is C29H29N5O6S. The summed E-state index contributed by atoms with van der Waals surface area (Å²) < 4.78 is 51.9. The van der Waals surface area contributed by atoms with E-state index in [2.05, 4.69) is 36.5 Å². The van der Waals surface area contributed by atoms with Crippen LogP contribution in [0.3, 0.4) is 0 Å². The normalized spacial score (nSPS) is 11.0. The van der Waals surface area contributed by atoms with Crippen molar-refractivity contribution in [3.05, 3.63) is 72.7 Å². The van der Waals surface area contributed by atoms with E-state index in [9.17, 15) is 8.42 Å². The summed E-state index contributed by atoms with van der Waals surface area (Å²) in [5.74, 6) is 6.33. The van der Waals surface area contributed by atoms with Crippen LogP contribution in [0, 0.1) is 11.8 Å². The minimum Gasteiger partial charge on any atom is -0.493 e. The van der Waals surface area contributed by atoms with Crippen LogP contribution in [-0.2, 0) is 14.8 Å². The van der Waals surface area contributed by atoms with Crippen LogP contribution in [-0.4, -0.2) is 55.8 Å². The number of methoxy groups -OCH3 is 2. The maximum Gasteiger partial charge on any atom is 0.280 e. The van der Waals surface area contributed by atoms with Crippen molar-refractivity contribution in [2.24, 2.45) is 0 Å². The largest absolute Gasteiger partial charge is 0.493 e. The molecule has 0 radical (unpaired) electrons. The number of aromatic nitrogens is 4. The summed E-state index contributed by atoms with van der Waals surface area (Å²) in [6.07, 6.45) is 4.67. The monoisotopic (exact) mass is 575 g/mol. The van der Waals surface area contributed by atoms with Crippen LogP contribution in [0.25, 0.3) is 11.4 Å². The molecule has 1 N–H and O–H groups in total. The molecule has 1 aromatic carbocycles. The number of nitrogens with zero attached hydrogens (tertiary/aromatic N) is 4. The zero-order valence-corrected chi connectivity index (χ0v) is 23.8. The molecule has 0 spiro atoms. The lowest BCUT2D eigenvalue weighted by Crippen LogP contribution is -2.17. The molecule has 0 saturated heterocycles. The molecule has 12 heteroatoms. The SMILES string of the molecule is COCC#CCOc1nc(-c2ccncc2)nc(NS(=O)(=O)c2ccc(C(C)C)cn2)c1Oc1ccccc1OC. The van der Waals surface area contributed by atoms with Gasteiger partial charge in [-0.05, 0) is 41.8 Å². The Labute approximate surface area is 239 Å². The van der Waals surface area contributed by atoms with Crippen LogP contribution in [0.2, 0.25) is 0 Å². The van der Waals surface area contributed by atoms with Gasteiger partial charge in [-0.3, -0.25) is 9.71 Å². The van der Waals surface area contributed by atoms with Crippen LogP contribution >= 0.6 is 0 Å². The van der Waals surface area contributed by atoms with E-state index in [-0.39, 0.29) is 53.2 Å². The molecule has 212 valence electrons. The summed E-state index contributed by atoms with van der Waals surface area (Å²) in [4.78, 5) is 17.2. The average Bonchev–Trinajstić information content (AvgIpc) is 2.98. The number of benzene rings is 1. The smallest absolute Gasteiger partial charge is 0.280 e. The van der Waals surface area contributed by atoms with Gasteiger partial charge in [0, 0.05) is 31.3 Å². The third-order valence-electron chi connectivity index (χ3n) is 5.61. The fourth-order valence-corrected chi connectivity index (χ4v) is 4.42. The third kappa shape index (κ3) is 7.47. The predicted octanol–water partition coefficient (Wildman–Crippen LogP) is 4.69. The van der Waals surface area contributed by atoms with Gasteiger partial charge in [0.25, 0.3) is 15.9 Å². The van der Waals surface area contributed by atoms with Gasteiger partial charge in [-0.15, -0.1) is 0 Å². The molecule has 3 aromatic heterocycles. The van der Waals surface area contributed by atoms with Crippen LogP contribution in [0.1, 0.15) is 25.3 Å². The number of hydrogen-bond acceptors (Lipinski definition) is 10. The Hall–Kier alpha value is -4.73. The van der Waals surface area contributed by atoms with Gasteiger partial charge in [0.1, 0.15) is 6.61 Å². The molecule has 0 aliphatic heterocycles. The molecule has 0 unspecified atom stereocenters. The number of hydrogen-bond donors (Lipinski definition) is 1. The highest BCUT2D eigenvalue weighted by Crippen LogP contribution is 2.41. The Bertz CT molecular complexity index is 1640. The Morgan fingerprint density at radius 1 is 0.927 bits per heavy atom. The van der Waals surface area contributed by atoms with Gasteiger partial charge in [-0.2, -0.15) is 13.4 Å². The topological polar surface area (TPSA) is 135 Å². The number of anilines is 1. The van der Waals surface area contributed by atoms with Gasteiger partial charge < -0.3 is 18.9 Å². The molecule has 41 heavy (non-hydrogen) atoms. The molecule has 0 fully saturated rings. The lowest BCUT2D eigenvalue weighted by Gasteiger charge is -2.18. The standard InChI is InChI=1S/C29H29N5O6S/c1-20(2)22-11-12-25(31-19-22)41(35,36)34-28-26(40-24-10-6-5-9-23(24)38-4)29(39-18-8-7-17-37-3)33-27(32-28)21-13-15-30-16-14-21/h5-6,9-16,19-20H,17-18H2,1-4H3,(H,32,33,34). The Balaban J connectivity index is 1.85. The van der Waals surface area contributed by atoms with E-state index in [4.69, 9.17) is 18.9 Å². The lowest BCUT2D eigenvalue weighted by atomic mass is 10.1. The predicted molar refractivity (Wildman–Crippen MR) is 153 cm³/mol. The van der Waals surface area contributed by atoms with E-state index in [0.29, 0.717) is 11.3 Å². The first-order valence-electron chi connectivity index (χ1n) is 12.5. The first-order chi connectivity index (χ1) is 19.8. The average molecular weight is 576 g/mol. The Kier molecular flexibility index (Phi) is 9.68. The molecule has 0 atom stereocenters. The number of sulfonamides is 1. The number of pyridine rings is 2. The number of nitrogens with one attached hydrogen (secondary N) is 1. The first-order valence-corrected chi connectivity index (χ1v) is 14.0. The molecule has 11 nitrogen and oxygen atoms in total. The van der Waals surface area contributed by atoms with Gasteiger partial charge in [0.05, 0.1) is 7.11 Å². The van der Waals surface area contributed by atoms with Gasteiger partial charge in [0.15, 0.2) is 34.8 Å². The number of para-hydroxylation sites is 2. The summed E-state index contributed by atoms with van der Waals surface area (Å²) >= 11 is 0. The molecule has 0 saturated carbocycles. The zero-order valence-electron chi connectivity index (χ0n) is 23.0. The Morgan fingerprint density at radius 3 is 2.32 bits per heavy atom. The molecule has 0 aliphatic rings. The van der Waals surface area contributed by atoms with Gasteiger partial charge >= 0.3 is 0 Å². The van der Waals surface area contributed by atoms with Crippen molar-refractivity contribution < 1.29 is 27.4 Å². The quantitative estimate of drug-likeness (QED) is 0.251. The maximum atomic E-state index is 13.5. The van der Waals surface area contributed by atoms with Crippen molar-refractivity contribution >= 4 is 15.8 Å². The number of rotatable bonds is 11. The number of ether oxygens (including phenoxy) is 4. The van der Waals surface area contributed by atoms with Crippen LogP contribution in [0.5, 0.6) is 23.1 Å². The zero-order chi connectivity index (χ0) is 29.2. The molecule has 0 aliphatic carbocycles. The van der Waals surface area contributed by atoms with E-state index < -0.39 is 10.0 Å². The van der Waals surface area contributed by atoms with Gasteiger partial charge in [-0.25, -0.2) is 9.97 Å². The highest BCUT2D eigenvalue weighted by Gasteiger charge is 2.26. The summed E-state index contributed by atoms with van der Waals surface area (Å²) in [5, 5.41) is -0.192. The second-order valence-corrected chi connectivity index (χ2v) is 10.4. The fraction of sp³-hybridized carbons (Fsp3) is 0.241. The first kappa shape index (κ1) is 29.3. The van der Waals surface area contributed by atoms with E-state index >= 15 is 0 Å². The summed E-state index contributed by atoms with van der Waals surface area (Å²) in [7, 11) is -1.19. The molecule has 3 heterocycles. The third-order valence-corrected chi connectivity index (χ3v) is 6.86. The van der Waals surface area contributed by atoms with E-state index in [1.807, 2.05) is 13.8 Å². The van der Waals surface area contributed by atoms with Crippen molar-refractivity contribution in [1.82, 2.24) is 19.9 Å². The van der Waals surface area contributed by atoms with Gasteiger partial charge in [-0.1, -0.05) is 43.9 Å². The minimum atomic E-state index is -4.21. The van der Waals surface area contributed by atoms with E-state index in [1.165, 1.54) is 26.5 Å². The van der Waals surface area contributed by atoms with E-state index in [1.54, 1.807) is 54.9 Å². The van der Waals surface area contributed by atoms with Crippen molar-refractivity contribution in [3.8, 4) is 46.4 Å². The fourth-order valence-electron chi connectivity index (χ4n) is 3.48. The summed E-state index contributed by atoms with van der Waals surface area (Å²) in [5.41, 5.74) is 1.47. The van der Waals surface area contributed by atoms with Crippen molar-refractivity contribution in [1.29, 1.82) is 0 Å². The highest BCUT2D eigenvalue weighted by atomic mass is 32.2. The minimum absolute atomic E-state index is 0.0507.